The number of hydrogen-bond donors (Lipinski definition) is 1. The second kappa shape index (κ2) is 3.28. The van der Waals surface area contributed by atoms with Crippen molar-refractivity contribution in [3.8, 4) is 0 Å². The van der Waals surface area contributed by atoms with Crippen LogP contribution < -0.4 is 5.43 Å². The van der Waals surface area contributed by atoms with Crippen molar-refractivity contribution in [1.29, 1.82) is 0 Å². The molecule has 0 aliphatic carbocycles. The van der Waals surface area contributed by atoms with Crippen LogP contribution in [0.15, 0.2) is 16.9 Å². The third-order valence-corrected chi connectivity index (χ3v) is 1.53. The first-order valence-corrected chi connectivity index (χ1v) is 3.63. The smallest absolute Gasteiger partial charge is 0.348 e. The topological polar surface area (TPSA) is 49.9 Å². The molecular weight excluding hydrogens is 199 g/mol. The maximum absolute atomic E-state index is 12.1. The summed E-state index contributed by atoms with van der Waals surface area (Å²) in [7, 11) is 0. The lowest BCUT2D eigenvalue weighted by atomic mass is 10.2. The van der Waals surface area contributed by atoms with Crippen LogP contribution >= 0.6 is 0 Å². The third-order valence-electron chi connectivity index (χ3n) is 1.53. The maximum Gasteiger partial charge on any atom is 0.431 e. The van der Waals surface area contributed by atoms with Crippen LogP contribution in [0.25, 0.3) is 0 Å². The molecule has 0 aliphatic rings. The van der Waals surface area contributed by atoms with Gasteiger partial charge in [0.2, 0.25) is 0 Å². The van der Waals surface area contributed by atoms with Crippen molar-refractivity contribution < 1.29 is 18.0 Å². The number of H-pyrrole nitrogens is 1. The number of rotatable bonds is 1. The molecule has 0 atom stereocenters. The predicted octanol–water partition coefficient (Wildman–Crippen LogP) is 1.60. The molecule has 0 aromatic carbocycles. The lowest BCUT2D eigenvalue weighted by Gasteiger charge is -2.06. The van der Waals surface area contributed by atoms with E-state index in [-0.39, 0.29) is 5.69 Å². The van der Waals surface area contributed by atoms with Crippen molar-refractivity contribution in [1.82, 2.24) is 4.98 Å². The van der Waals surface area contributed by atoms with E-state index >= 15 is 0 Å². The molecule has 76 valence electrons. The largest absolute Gasteiger partial charge is 0.431 e. The van der Waals surface area contributed by atoms with Crippen molar-refractivity contribution in [2.75, 3.05) is 0 Å². The van der Waals surface area contributed by atoms with Gasteiger partial charge in [0.1, 0.15) is 5.69 Å². The first kappa shape index (κ1) is 10.5. The Labute approximate surface area is 76.6 Å². The number of halogens is 3. The monoisotopic (exact) mass is 205 g/mol. The molecule has 6 heteroatoms. The fourth-order valence-electron chi connectivity index (χ4n) is 0.886. The van der Waals surface area contributed by atoms with Crippen molar-refractivity contribution >= 4 is 5.78 Å². The predicted molar refractivity (Wildman–Crippen MR) is 42.1 cm³/mol. The van der Waals surface area contributed by atoms with Crippen LogP contribution in [-0.4, -0.2) is 10.8 Å². The summed E-state index contributed by atoms with van der Waals surface area (Å²) in [6.07, 6.45) is -4.65. The highest BCUT2D eigenvalue weighted by Crippen LogP contribution is 2.26. The first-order valence-electron chi connectivity index (χ1n) is 3.63. The van der Waals surface area contributed by atoms with Gasteiger partial charge in [-0.2, -0.15) is 13.2 Å². The Morgan fingerprint density at radius 2 is 1.93 bits per heavy atom. The number of carbonyl (C=O) groups excluding carboxylic acids is 1. The Hall–Kier alpha value is -1.59. The SMILES string of the molecule is CC(=O)c1cc(=O)cc(C(F)(F)F)[nH]1. The zero-order chi connectivity index (χ0) is 10.9. The van der Waals surface area contributed by atoms with Gasteiger partial charge in [-0.1, -0.05) is 0 Å². The molecule has 0 amide bonds. The minimum atomic E-state index is -4.65. The number of aromatic amines is 1. The van der Waals surface area contributed by atoms with Gasteiger partial charge in [-0.05, 0) is 0 Å². The molecule has 1 N–H and O–H groups in total. The summed E-state index contributed by atoms with van der Waals surface area (Å²) in [6, 6.07) is 1.24. The summed E-state index contributed by atoms with van der Waals surface area (Å²) in [5.41, 5.74) is -2.40. The van der Waals surface area contributed by atoms with Crippen LogP contribution in [0.3, 0.4) is 0 Å². The lowest BCUT2D eigenvalue weighted by molar-refractivity contribution is -0.141. The van der Waals surface area contributed by atoms with E-state index in [1.165, 1.54) is 0 Å². The Morgan fingerprint density at radius 3 is 2.36 bits per heavy atom. The quantitative estimate of drug-likeness (QED) is 0.708. The van der Waals surface area contributed by atoms with Gasteiger partial charge in [-0.15, -0.1) is 0 Å². The van der Waals surface area contributed by atoms with Gasteiger partial charge >= 0.3 is 6.18 Å². The number of aromatic nitrogens is 1. The van der Waals surface area contributed by atoms with E-state index in [2.05, 4.69) is 0 Å². The number of carbonyl (C=O) groups is 1. The van der Waals surface area contributed by atoms with Gasteiger partial charge in [-0.25, -0.2) is 0 Å². The molecule has 0 fully saturated rings. The van der Waals surface area contributed by atoms with Crippen LogP contribution in [0.2, 0.25) is 0 Å². The van der Waals surface area contributed by atoms with Gasteiger partial charge in [0.15, 0.2) is 11.2 Å². The molecular formula is C8H6F3NO2. The van der Waals surface area contributed by atoms with E-state index in [9.17, 15) is 22.8 Å². The number of Topliss-reactive ketones (excluding diaryl/α,β-unsaturated/α-hetero) is 1. The van der Waals surface area contributed by atoms with E-state index in [0.29, 0.717) is 6.07 Å². The van der Waals surface area contributed by atoms with Crippen LogP contribution in [0.4, 0.5) is 13.2 Å². The highest BCUT2D eigenvalue weighted by atomic mass is 19.4. The summed E-state index contributed by atoms with van der Waals surface area (Å²) in [5.74, 6) is -0.617. The molecule has 0 radical (unpaired) electrons. The average Bonchev–Trinajstić information content (AvgIpc) is 2.01. The summed E-state index contributed by atoms with van der Waals surface area (Å²) in [6.45, 7) is 1.07. The lowest BCUT2D eigenvalue weighted by Crippen LogP contribution is -2.16. The average molecular weight is 205 g/mol. The van der Waals surface area contributed by atoms with Gasteiger partial charge < -0.3 is 4.98 Å². The molecule has 0 saturated carbocycles. The second-order valence-electron chi connectivity index (χ2n) is 2.70. The van der Waals surface area contributed by atoms with E-state index in [1.54, 1.807) is 0 Å². The minimum Gasteiger partial charge on any atom is -0.348 e. The number of nitrogens with one attached hydrogen (secondary N) is 1. The van der Waals surface area contributed by atoms with Crippen LogP contribution in [0, 0.1) is 0 Å². The number of ketones is 1. The second-order valence-corrected chi connectivity index (χ2v) is 2.70. The molecule has 3 nitrogen and oxygen atoms in total. The van der Waals surface area contributed by atoms with E-state index in [1.807, 2.05) is 4.98 Å². The molecule has 1 rings (SSSR count). The van der Waals surface area contributed by atoms with Crippen molar-refractivity contribution in [3.63, 3.8) is 0 Å². The summed E-state index contributed by atoms with van der Waals surface area (Å²) in [4.78, 5) is 23.4. The molecule has 0 aliphatic heterocycles. The maximum atomic E-state index is 12.1. The third kappa shape index (κ3) is 2.21. The molecule has 0 saturated heterocycles. The van der Waals surface area contributed by atoms with Crippen LogP contribution in [-0.2, 0) is 6.18 Å². The molecule has 0 spiro atoms. The fraction of sp³-hybridized carbons (Fsp3) is 0.250. The van der Waals surface area contributed by atoms with Gasteiger partial charge in [0.25, 0.3) is 0 Å². The normalized spacial score (nSPS) is 11.4. The van der Waals surface area contributed by atoms with Crippen LogP contribution in [0.1, 0.15) is 23.1 Å². The highest BCUT2D eigenvalue weighted by Gasteiger charge is 2.32. The number of hydrogen-bond acceptors (Lipinski definition) is 2. The van der Waals surface area contributed by atoms with Crippen molar-refractivity contribution in [2.45, 2.75) is 13.1 Å². The van der Waals surface area contributed by atoms with Gasteiger partial charge in [0.05, 0.1) is 5.69 Å². The molecule has 14 heavy (non-hydrogen) atoms. The first-order chi connectivity index (χ1) is 6.30. The zero-order valence-corrected chi connectivity index (χ0v) is 7.11. The Bertz CT molecular complexity index is 419. The molecule has 1 heterocycles. The van der Waals surface area contributed by atoms with Crippen molar-refractivity contribution in [3.05, 3.63) is 33.7 Å². The standard InChI is InChI=1S/C8H6F3NO2/c1-4(13)6-2-5(14)3-7(12-6)8(9,10)11/h2-3H,1H3,(H,12,14). The molecule has 0 unspecified atom stereocenters. The van der Waals surface area contributed by atoms with Crippen molar-refractivity contribution in [2.24, 2.45) is 0 Å². The zero-order valence-electron chi connectivity index (χ0n) is 7.11. The fourth-order valence-corrected chi connectivity index (χ4v) is 0.886. The van der Waals surface area contributed by atoms with Gasteiger partial charge in [-0.3, -0.25) is 9.59 Å². The van der Waals surface area contributed by atoms with E-state index in [4.69, 9.17) is 0 Å². The summed E-state index contributed by atoms with van der Waals surface area (Å²) < 4.78 is 36.4. The Balaban J connectivity index is 3.35. The van der Waals surface area contributed by atoms with E-state index in [0.717, 1.165) is 13.0 Å². The molecule has 1 aromatic rings. The number of pyridine rings is 1. The van der Waals surface area contributed by atoms with Crippen LogP contribution in [0.5, 0.6) is 0 Å². The number of alkyl halides is 3. The molecule has 1 aromatic heterocycles. The minimum absolute atomic E-state index is 0.343. The highest BCUT2D eigenvalue weighted by molar-refractivity contribution is 5.92. The molecule has 0 bridgehead atoms. The Morgan fingerprint density at radius 1 is 1.36 bits per heavy atom. The summed E-state index contributed by atoms with van der Waals surface area (Å²) >= 11 is 0. The summed E-state index contributed by atoms with van der Waals surface area (Å²) in [5, 5.41) is 0. The Kier molecular flexibility index (Phi) is 2.46. The van der Waals surface area contributed by atoms with Gasteiger partial charge in [0, 0.05) is 19.1 Å². The van der Waals surface area contributed by atoms with E-state index < -0.39 is 23.1 Å².